The lowest BCUT2D eigenvalue weighted by Crippen LogP contribution is -2.27. The lowest BCUT2D eigenvalue weighted by atomic mass is 10.1. The largest absolute Gasteiger partial charge is 0.457 e. The van der Waals surface area contributed by atoms with Gasteiger partial charge in [-0.05, 0) is 38.1 Å². The van der Waals surface area contributed by atoms with Gasteiger partial charge in [0.15, 0.2) is 18.2 Å². The number of Topliss-reactive ketones (excluding diaryl/α,β-unsaturated/α-hetero) is 1. The Morgan fingerprint density at radius 1 is 1.14 bits per heavy atom. The Hall–Kier alpha value is -2.59. The summed E-state index contributed by atoms with van der Waals surface area (Å²) in [5.74, 6) is -3.60. The molecule has 0 saturated carbocycles. The summed E-state index contributed by atoms with van der Waals surface area (Å²) >= 11 is 0. The summed E-state index contributed by atoms with van der Waals surface area (Å²) in [6.45, 7) is 2.83. The maximum absolute atomic E-state index is 13.2. The van der Waals surface area contributed by atoms with Crippen LogP contribution in [0.15, 0.2) is 29.2 Å². The van der Waals surface area contributed by atoms with E-state index in [1.54, 1.807) is 13.0 Å². The molecule has 0 bridgehead atoms. The third-order valence-electron chi connectivity index (χ3n) is 4.26. The van der Waals surface area contributed by atoms with Crippen molar-refractivity contribution in [1.29, 1.82) is 0 Å². The van der Waals surface area contributed by atoms with Gasteiger partial charge in [-0.1, -0.05) is 0 Å². The number of benzene rings is 1. The van der Waals surface area contributed by atoms with E-state index >= 15 is 0 Å². The highest BCUT2D eigenvalue weighted by Gasteiger charge is 2.18. The Morgan fingerprint density at radius 3 is 2.39 bits per heavy atom. The molecular formula is C18H20F2N2O5S. The second-order valence-corrected chi connectivity index (χ2v) is 7.92. The van der Waals surface area contributed by atoms with Gasteiger partial charge in [0, 0.05) is 30.5 Å². The number of nitrogens with one attached hydrogen (secondary N) is 1. The van der Waals surface area contributed by atoms with Gasteiger partial charge in [0.1, 0.15) is 0 Å². The number of halogens is 2. The zero-order valence-electron chi connectivity index (χ0n) is 15.6. The van der Waals surface area contributed by atoms with E-state index in [0.29, 0.717) is 17.7 Å². The van der Waals surface area contributed by atoms with Crippen molar-refractivity contribution >= 4 is 21.8 Å². The number of ether oxygens (including phenoxy) is 1. The van der Waals surface area contributed by atoms with Gasteiger partial charge in [-0.25, -0.2) is 21.9 Å². The van der Waals surface area contributed by atoms with E-state index in [4.69, 9.17) is 4.74 Å². The molecule has 10 heteroatoms. The van der Waals surface area contributed by atoms with Gasteiger partial charge >= 0.3 is 5.97 Å². The van der Waals surface area contributed by atoms with Crippen LogP contribution in [0.2, 0.25) is 0 Å². The van der Waals surface area contributed by atoms with Crippen LogP contribution < -0.4 is 4.72 Å². The van der Waals surface area contributed by atoms with Crippen LogP contribution in [-0.2, 0) is 26.6 Å². The molecular weight excluding hydrogens is 394 g/mol. The first-order valence-corrected chi connectivity index (χ1v) is 9.77. The smallest absolute Gasteiger partial charge is 0.307 e. The monoisotopic (exact) mass is 414 g/mol. The van der Waals surface area contributed by atoms with Crippen molar-refractivity contribution in [3.05, 3.63) is 52.9 Å². The number of hydrogen-bond acceptors (Lipinski definition) is 5. The van der Waals surface area contributed by atoms with E-state index in [9.17, 15) is 26.8 Å². The second kappa shape index (κ2) is 8.61. The minimum absolute atomic E-state index is 0.322. The van der Waals surface area contributed by atoms with E-state index in [0.717, 1.165) is 17.5 Å². The predicted octanol–water partition coefficient (Wildman–Crippen LogP) is 2.01. The Morgan fingerprint density at radius 2 is 1.82 bits per heavy atom. The fourth-order valence-corrected chi connectivity index (χ4v) is 3.49. The zero-order chi connectivity index (χ0) is 21.1. The summed E-state index contributed by atoms with van der Waals surface area (Å²) < 4.78 is 58.8. The first-order chi connectivity index (χ1) is 13.0. The molecule has 0 spiro atoms. The van der Waals surface area contributed by atoms with Crippen molar-refractivity contribution in [1.82, 2.24) is 9.29 Å². The van der Waals surface area contributed by atoms with Crippen LogP contribution in [-0.4, -0.2) is 37.9 Å². The Labute approximate surface area is 161 Å². The molecule has 0 aliphatic rings. The SMILES string of the molecule is Cc1cc(C(=O)COC(=O)CCNS(=O)(=O)c2ccc(F)c(F)c2)c(C)n1C. The number of sulfonamides is 1. The number of hydrogen-bond donors (Lipinski definition) is 1. The first-order valence-electron chi connectivity index (χ1n) is 8.29. The summed E-state index contributed by atoms with van der Waals surface area (Å²) in [5.41, 5.74) is 2.09. The van der Waals surface area contributed by atoms with Crippen molar-refractivity contribution in [2.75, 3.05) is 13.2 Å². The molecule has 1 N–H and O–H groups in total. The Balaban J connectivity index is 1.84. The molecule has 28 heavy (non-hydrogen) atoms. The molecule has 0 amide bonds. The van der Waals surface area contributed by atoms with E-state index in [-0.39, 0.29) is 18.7 Å². The van der Waals surface area contributed by atoms with Crippen molar-refractivity contribution in [2.24, 2.45) is 7.05 Å². The van der Waals surface area contributed by atoms with Crippen LogP contribution in [0.1, 0.15) is 28.2 Å². The van der Waals surface area contributed by atoms with Gasteiger partial charge in [0.05, 0.1) is 11.3 Å². The molecule has 7 nitrogen and oxygen atoms in total. The van der Waals surface area contributed by atoms with Crippen molar-refractivity contribution in [2.45, 2.75) is 25.2 Å². The average molecular weight is 414 g/mol. The molecule has 0 unspecified atom stereocenters. The molecule has 0 radical (unpaired) electrons. The van der Waals surface area contributed by atoms with Crippen LogP contribution in [0.4, 0.5) is 8.78 Å². The fraction of sp³-hybridized carbons (Fsp3) is 0.333. The number of aryl methyl sites for hydroxylation is 1. The van der Waals surface area contributed by atoms with Crippen LogP contribution in [0.5, 0.6) is 0 Å². The molecule has 0 atom stereocenters. The third-order valence-corrected chi connectivity index (χ3v) is 5.72. The highest BCUT2D eigenvalue weighted by Crippen LogP contribution is 2.15. The van der Waals surface area contributed by atoms with Crippen molar-refractivity contribution < 1.29 is 31.5 Å². The molecule has 0 aliphatic heterocycles. The van der Waals surface area contributed by atoms with Crippen LogP contribution in [0, 0.1) is 25.5 Å². The number of nitrogens with zero attached hydrogens (tertiary/aromatic N) is 1. The van der Waals surface area contributed by atoms with Gasteiger partial charge in [-0.3, -0.25) is 9.59 Å². The standard InChI is InChI=1S/C18H20F2N2O5S/c1-11-8-14(12(2)22(11)3)17(23)10-27-18(24)6-7-21-28(25,26)13-4-5-15(19)16(20)9-13/h4-5,8-9,21H,6-7,10H2,1-3H3. The minimum atomic E-state index is -4.11. The van der Waals surface area contributed by atoms with Gasteiger partial charge in [0.25, 0.3) is 0 Å². The second-order valence-electron chi connectivity index (χ2n) is 6.15. The number of rotatable bonds is 8. The van der Waals surface area contributed by atoms with Gasteiger partial charge in [-0.2, -0.15) is 0 Å². The molecule has 1 aromatic carbocycles. The van der Waals surface area contributed by atoms with Gasteiger partial charge in [0.2, 0.25) is 15.8 Å². The maximum atomic E-state index is 13.2. The van der Waals surface area contributed by atoms with Crippen molar-refractivity contribution in [3.63, 3.8) is 0 Å². The Kier molecular flexibility index (Phi) is 6.68. The highest BCUT2D eigenvalue weighted by molar-refractivity contribution is 7.89. The third kappa shape index (κ3) is 5.02. The molecule has 1 heterocycles. The van der Waals surface area contributed by atoms with E-state index in [2.05, 4.69) is 4.72 Å². The van der Waals surface area contributed by atoms with Gasteiger partial charge < -0.3 is 9.30 Å². The van der Waals surface area contributed by atoms with Gasteiger partial charge in [-0.15, -0.1) is 0 Å². The number of esters is 1. The summed E-state index contributed by atoms with van der Waals surface area (Å²) in [6, 6.07) is 3.83. The predicted molar refractivity (Wildman–Crippen MR) is 96.3 cm³/mol. The summed E-state index contributed by atoms with van der Waals surface area (Å²) in [7, 11) is -2.30. The highest BCUT2D eigenvalue weighted by atomic mass is 32.2. The van der Waals surface area contributed by atoms with E-state index < -0.39 is 39.1 Å². The van der Waals surface area contributed by atoms with Crippen LogP contribution >= 0.6 is 0 Å². The number of carbonyl (C=O) groups is 2. The lowest BCUT2D eigenvalue weighted by Gasteiger charge is -2.08. The minimum Gasteiger partial charge on any atom is -0.457 e. The molecule has 2 aromatic rings. The maximum Gasteiger partial charge on any atom is 0.307 e. The van der Waals surface area contributed by atoms with Crippen LogP contribution in [0.25, 0.3) is 0 Å². The molecule has 0 aliphatic carbocycles. The number of ketones is 1. The summed E-state index contributed by atoms with van der Waals surface area (Å²) in [4.78, 5) is 23.4. The molecule has 152 valence electrons. The molecule has 1 aromatic heterocycles. The number of aromatic nitrogens is 1. The van der Waals surface area contributed by atoms with E-state index in [1.807, 2.05) is 18.5 Å². The van der Waals surface area contributed by atoms with E-state index in [1.165, 1.54) is 0 Å². The average Bonchev–Trinajstić information content (AvgIpc) is 2.89. The summed E-state index contributed by atoms with van der Waals surface area (Å²) in [5, 5.41) is 0. The first kappa shape index (κ1) is 21.7. The lowest BCUT2D eigenvalue weighted by molar-refractivity contribution is -0.142. The molecule has 0 saturated heterocycles. The fourth-order valence-electron chi connectivity index (χ4n) is 2.45. The number of carbonyl (C=O) groups excluding carboxylic acids is 2. The topological polar surface area (TPSA) is 94.5 Å². The normalized spacial score (nSPS) is 11.5. The molecule has 0 fully saturated rings. The zero-order valence-corrected chi connectivity index (χ0v) is 16.4. The molecule has 2 rings (SSSR count). The van der Waals surface area contributed by atoms with Crippen molar-refractivity contribution in [3.8, 4) is 0 Å². The van der Waals surface area contributed by atoms with Crippen LogP contribution in [0.3, 0.4) is 0 Å². The summed E-state index contributed by atoms with van der Waals surface area (Å²) in [6.07, 6.45) is -0.330. The quantitative estimate of drug-likeness (QED) is 0.527. The Bertz CT molecular complexity index is 1020.